The van der Waals surface area contributed by atoms with Crippen LogP contribution in [0, 0.1) is 5.82 Å². The lowest BCUT2D eigenvalue weighted by Gasteiger charge is -2.35. The third-order valence-corrected chi connectivity index (χ3v) is 7.17. The fourth-order valence-electron chi connectivity index (χ4n) is 3.69. The van der Waals surface area contributed by atoms with Crippen LogP contribution in [0.3, 0.4) is 0 Å². The van der Waals surface area contributed by atoms with Gasteiger partial charge in [-0.1, -0.05) is 30.0 Å². The molecule has 1 aliphatic rings. The quantitative estimate of drug-likeness (QED) is 0.478. The summed E-state index contributed by atoms with van der Waals surface area (Å²) in [6.45, 7) is 6.08. The minimum absolute atomic E-state index is 0.0295. The summed E-state index contributed by atoms with van der Waals surface area (Å²) in [6, 6.07) is 10.5. The van der Waals surface area contributed by atoms with E-state index in [0.717, 1.165) is 41.1 Å². The molecule has 7 nitrogen and oxygen atoms in total. The first-order valence-corrected chi connectivity index (χ1v) is 12.5. The summed E-state index contributed by atoms with van der Waals surface area (Å²) in [4.78, 5) is 16.0. The molecule has 1 aromatic carbocycles. The second-order valence-electron chi connectivity index (χ2n) is 7.34. The molecule has 1 fully saturated rings. The van der Waals surface area contributed by atoms with Gasteiger partial charge in [-0.3, -0.25) is 9.69 Å². The van der Waals surface area contributed by atoms with Crippen LogP contribution in [0.15, 0.2) is 46.9 Å². The molecule has 1 aliphatic heterocycles. The fraction of sp³-hybridized carbons (Fsp3) is 0.409. The van der Waals surface area contributed by atoms with Crippen LogP contribution in [0.5, 0.6) is 0 Å². The van der Waals surface area contributed by atoms with E-state index in [2.05, 4.69) is 20.4 Å². The molecule has 0 radical (unpaired) electrons. The van der Waals surface area contributed by atoms with Crippen LogP contribution in [0.4, 0.5) is 4.39 Å². The third-order valence-electron chi connectivity index (χ3n) is 5.34. The Morgan fingerprint density at radius 2 is 2.03 bits per heavy atom. The van der Waals surface area contributed by atoms with Crippen molar-refractivity contribution in [1.29, 1.82) is 0 Å². The molecule has 0 aliphatic carbocycles. The maximum absolute atomic E-state index is 13.4. The number of amides is 1. The second-order valence-corrected chi connectivity index (χ2v) is 9.23. The maximum Gasteiger partial charge on any atom is 0.230 e. The van der Waals surface area contributed by atoms with E-state index in [1.165, 1.54) is 23.9 Å². The molecule has 2 aromatic heterocycles. The van der Waals surface area contributed by atoms with Crippen molar-refractivity contribution in [3.8, 4) is 10.7 Å². The van der Waals surface area contributed by atoms with Crippen molar-refractivity contribution < 1.29 is 13.9 Å². The van der Waals surface area contributed by atoms with E-state index in [4.69, 9.17) is 4.74 Å². The smallest absolute Gasteiger partial charge is 0.230 e. The van der Waals surface area contributed by atoms with E-state index >= 15 is 0 Å². The highest BCUT2D eigenvalue weighted by Crippen LogP contribution is 2.27. The number of benzene rings is 1. The van der Waals surface area contributed by atoms with Gasteiger partial charge in [0, 0.05) is 26.2 Å². The Morgan fingerprint density at radius 1 is 1.25 bits per heavy atom. The Balaban J connectivity index is 1.37. The molecule has 170 valence electrons. The number of ether oxygens (including phenoxy) is 1. The Bertz CT molecular complexity index is 1000. The Labute approximate surface area is 195 Å². The number of carbonyl (C=O) groups is 1. The van der Waals surface area contributed by atoms with Gasteiger partial charge in [0.05, 0.1) is 29.9 Å². The zero-order chi connectivity index (χ0) is 22.3. The Morgan fingerprint density at radius 3 is 2.72 bits per heavy atom. The average Bonchev–Trinajstić information content (AvgIpc) is 3.49. The largest absolute Gasteiger partial charge is 0.379 e. The van der Waals surface area contributed by atoms with Crippen molar-refractivity contribution in [1.82, 2.24) is 25.0 Å². The molecule has 1 N–H and O–H groups in total. The molecule has 4 rings (SSSR count). The Hall–Kier alpha value is -2.27. The predicted octanol–water partition coefficient (Wildman–Crippen LogP) is 3.45. The van der Waals surface area contributed by atoms with E-state index in [1.54, 1.807) is 23.5 Å². The number of thiophene rings is 1. The number of aromatic nitrogens is 3. The molecule has 1 amide bonds. The first kappa shape index (κ1) is 22.9. The summed E-state index contributed by atoms with van der Waals surface area (Å²) in [6.07, 6.45) is 0. The topological polar surface area (TPSA) is 72.3 Å². The highest BCUT2D eigenvalue weighted by molar-refractivity contribution is 7.99. The van der Waals surface area contributed by atoms with Crippen LogP contribution in [0.1, 0.15) is 18.5 Å². The number of nitrogens with one attached hydrogen (secondary N) is 1. The molecule has 1 atom stereocenters. The van der Waals surface area contributed by atoms with Crippen molar-refractivity contribution in [2.45, 2.75) is 24.7 Å². The number of carbonyl (C=O) groups excluding carboxylic acids is 1. The summed E-state index contributed by atoms with van der Waals surface area (Å²) < 4.78 is 20.9. The van der Waals surface area contributed by atoms with E-state index in [0.29, 0.717) is 19.8 Å². The standard InChI is InChI=1S/C22H26FN5O2S2/c1-2-28-21(19-4-3-13-31-19)25-26-22(28)32-15-20(29)24-14-18(27-9-11-30-12-10-27)16-5-7-17(23)8-6-16/h3-8,13,18H,2,9-12,14-15H2,1H3,(H,24,29). The van der Waals surface area contributed by atoms with Crippen LogP contribution in [-0.2, 0) is 16.1 Å². The minimum Gasteiger partial charge on any atom is -0.379 e. The van der Waals surface area contributed by atoms with E-state index in [-0.39, 0.29) is 23.5 Å². The molecule has 3 aromatic rings. The van der Waals surface area contributed by atoms with Crippen molar-refractivity contribution in [2.75, 3.05) is 38.6 Å². The minimum atomic E-state index is -0.267. The molecule has 1 unspecified atom stereocenters. The number of thioether (sulfide) groups is 1. The van der Waals surface area contributed by atoms with Crippen LogP contribution in [0.25, 0.3) is 10.7 Å². The molecular weight excluding hydrogens is 449 g/mol. The monoisotopic (exact) mass is 475 g/mol. The number of halogens is 1. The highest BCUT2D eigenvalue weighted by atomic mass is 32.2. The lowest BCUT2D eigenvalue weighted by atomic mass is 10.0. The van der Waals surface area contributed by atoms with Gasteiger partial charge in [0.2, 0.25) is 5.91 Å². The zero-order valence-electron chi connectivity index (χ0n) is 17.9. The maximum atomic E-state index is 13.4. The second kappa shape index (κ2) is 11.0. The Kier molecular flexibility index (Phi) is 7.90. The number of morpholine rings is 1. The number of nitrogens with zero attached hydrogens (tertiary/aromatic N) is 4. The van der Waals surface area contributed by atoms with E-state index in [1.807, 2.05) is 29.0 Å². The van der Waals surface area contributed by atoms with Crippen LogP contribution < -0.4 is 5.32 Å². The highest BCUT2D eigenvalue weighted by Gasteiger charge is 2.23. The summed E-state index contributed by atoms with van der Waals surface area (Å²) >= 11 is 3.00. The molecule has 0 bridgehead atoms. The van der Waals surface area contributed by atoms with Gasteiger partial charge in [-0.25, -0.2) is 4.39 Å². The summed E-state index contributed by atoms with van der Waals surface area (Å²) in [5, 5.41) is 14.4. The van der Waals surface area contributed by atoms with Crippen LogP contribution >= 0.6 is 23.1 Å². The van der Waals surface area contributed by atoms with E-state index < -0.39 is 0 Å². The van der Waals surface area contributed by atoms with Crippen molar-refractivity contribution >= 4 is 29.0 Å². The number of rotatable bonds is 9. The van der Waals surface area contributed by atoms with E-state index in [9.17, 15) is 9.18 Å². The summed E-state index contributed by atoms with van der Waals surface area (Å²) in [5.41, 5.74) is 0.979. The summed E-state index contributed by atoms with van der Waals surface area (Å²) in [5.74, 6) is 0.742. The number of hydrogen-bond donors (Lipinski definition) is 1. The fourth-order valence-corrected chi connectivity index (χ4v) is 5.24. The van der Waals surface area contributed by atoms with Gasteiger partial charge in [0.25, 0.3) is 0 Å². The van der Waals surface area contributed by atoms with Crippen LogP contribution in [-0.4, -0.2) is 64.2 Å². The SMILES string of the molecule is CCn1c(SCC(=O)NCC(c2ccc(F)cc2)N2CCOCC2)nnc1-c1cccs1. The first-order valence-electron chi connectivity index (χ1n) is 10.6. The normalized spacial score (nSPS) is 15.6. The van der Waals surface area contributed by atoms with Gasteiger partial charge in [-0.05, 0) is 36.1 Å². The summed E-state index contributed by atoms with van der Waals surface area (Å²) in [7, 11) is 0. The zero-order valence-corrected chi connectivity index (χ0v) is 19.5. The number of hydrogen-bond acceptors (Lipinski definition) is 7. The van der Waals surface area contributed by atoms with Gasteiger partial charge < -0.3 is 14.6 Å². The third kappa shape index (κ3) is 5.55. The first-order chi connectivity index (χ1) is 15.7. The average molecular weight is 476 g/mol. The van der Waals surface area contributed by atoms with Crippen molar-refractivity contribution in [2.24, 2.45) is 0 Å². The molecule has 3 heterocycles. The van der Waals surface area contributed by atoms with Gasteiger partial charge in [0.1, 0.15) is 5.82 Å². The van der Waals surface area contributed by atoms with Crippen molar-refractivity contribution in [3.63, 3.8) is 0 Å². The van der Waals surface area contributed by atoms with Crippen LogP contribution in [0.2, 0.25) is 0 Å². The molecule has 10 heteroatoms. The van der Waals surface area contributed by atoms with Gasteiger partial charge in [-0.15, -0.1) is 21.5 Å². The van der Waals surface area contributed by atoms with Gasteiger partial charge in [0.15, 0.2) is 11.0 Å². The molecular formula is C22H26FN5O2S2. The van der Waals surface area contributed by atoms with Gasteiger partial charge >= 0.3 is 0 Å². The lowest BCUT2D eigenvalue weighted by molar-refractivity contribution is -0.118. The molecule has 1 saturated heterocycles. The predicted molar refractivity (Wildman–Crippen MR) is 124 cm³/mol. The molecule has 0 spiro atoms. The lowest BCUT2D eigenvalue weighted by Crippen LogP contribution is -2.44. The van der Waals surface area contributed by atoms with Crippen molar-refractivity contribution in [3.05, 3.63) is 53.2 Å². The molecule has 32 heavy (non-hydrogen) atoms. The molecule has 0 saturated carbocycles. The van der Waals surface area contributed by atoms with Gasteiger partial charge in [-0.2, -0.15) is 0 Å².